The molecule has 0 saturated heterocycles. The third-order valence-electron chi connectivity index (χ3n) is 3.49. The number of thiazole rings is 1. The Hall–Kier alpha value is -1.87. The highest BCUT2D eigenvalue weighted by Gasteiger charge is 2.28. The van der Waals surface area contributed by atoms with E-state index in [0.717, 1.165) is 15.9 Å². The van der Waals surface area contributed by atoms with Crippen LogP contribution in [0.2, 0.25) is 0 Å². The van der Waals surface area contributed by atoms with Gasteiger partial charge in [-0.15, -0.1) is 11.3 Å². The predicted octanol–water partition coefficient (Wildman–Crippen LogP) is 5.44. The number of hydrogen-bond donors (Lipinski definition) is 0. The van der Waals surface area contributed by atoms with Crippen LogP contribution in [0, 0.1) is 0 Å². The monoisotopic (exact) mass is 432 g/mol. The molecule has 0 aliphatic rings. The smallest absolute Gasteiger partial charge is 0.349 e. The van der Waals surface area contributed by atoms with Crippen molar-refractivity contribution in [1.29, 1.82) is 0 Å². The zero-order valence-electron chi connectivity index (χ0n) is 12.9. The van der Waals surface area contributed by atoms with Crippen molar-refractivity contribution < 1.29 is 22.7 Å². The quantitative estimate of drug-likeness (QED) is 0.504. The third-order valence-corrected chi connectivity index (χ3v) is 5.18. The van der Waals surface area contributed by atoms with Crippen molar-refractivity contribution in [2.75, 3.05) is 6.61 Å². The largest absolute Gasteiger partial charge is 0.462 e. The fourth-order valence-corrected chi connectivity index (χ4v) is 3.74. The number of nitrogens with zero attached hydrogens (tertiary/aromatic N) is 2. The van der Waals surface area contributed by atoms with Crippen molar-refractivity contribution in [3.63, 3.8) is 0 Å². The molecule has 0 radical (unpaired) electrons. The minimum absolute atomic E-state index is 0.176. The van der Waals surface area contributed by atoms with Crippen LogP contribution in [0.1, 0.15) is 22.9 Å². The summed E-state index contributed by atoms with van der Waals surface area (Å²) in [5.74, 6) is -0.555. The molecule has 0 bridgehead atoms. The van der Waals surface area contributed by atoms with Crippen LogP contribution in [0.15, 0.2) is 34.9 Å². The Bertz CT molecular complexity index is 925. The van der Waals surface area contributed by atoms with E-state index in [1.165, 1.54) is 6.20 Å². The van der Waals surface area contributed by atoms with Gasteiger partial charge in [0.15, 0.2) is 0 Å². The molecule has 0 fully saturated rings. The summed E-state index contributed by atoms with van der Waals surface area (Å²) in [5.41, 5.74) is 0.486. The molecule has 1 aromatic carbocycles. The zero-order chi connectivity index (χ0) is 18.1. The Morgan fingerprint density at radius 3 is 2.84 bits per heavy atom. The van der Waals surface area contributed by atoms with Crippen molar-refractivity contribution in [1.82, 2.24) is 9.55 Å². The van der Waals surface area contributed by atoms with Gasteiger partial charge in [0.1, 0.15) is 9.88 Å². The van der Waals surface area contributed by atoms with Crippen LogP contribution in [-0.2, 0) is 4.74 Å². The first-order chi connectivity index (χ1) is 11.9. The molecule has 4 nitrogen and oxygen atoms in total. The molecule has 132 valence electrons. The van der Waals surface area contributed by atoms with Gasteiger partial charge in [-0.3, -0.25) is 0 Å². The summed E-state index contributed by atoms with van der Waals surface area (Å²) in [5, 5.41) is 0.836. The van der Waals surface area contributed by atoms with Gasteiger partial charge in [0.05, 0.1) is 24.0 Å². The van der Waals surface area contributed by atoms with Gasteiger partial charge in [-0.1, -0.05) is 22.0 Å². The molecule has 0 spiro atoms. The normalized spacial score (nSPS) is 12.7. The Kier molecular flexibility index (Phi) is 5.14. The second kappa shape index (κ2) is 7.17. The Morgan fingerprint density at radius 1 is 1.40 bits per heavy atom. The van der Waals surface area contributed by atoms with Crippen molar-refractivity contribution in [3.05, 3.63) is 39.8 Å². The SMILES string of the molecule is CCOC(=O)c1cnc(-c2cc3c(Br)cccc3n2C(F)C(F)F)s1. The van der Waals surface area contributed by atoms with Crippen LogP contribution >= 0.6 is 27.3 Å². The zero-order valence-corrected chi connectivity index (χ0v) is 15.3. The first kappa shape index (κ1) is 17.9. The van der Waals surface area contributed by atoms with Crippen molar-refractivity contribution in [3.8, 4) is 10.7 Å². The van der Waals surface area contributed by atoms with Crippen LogP contribution < -0.4 is 0 Å². The summed E-state index contributed by atoms with van der Waals surface area (Å²) >= 11 is 4.30. The van der Waals surface area contributed by atoms with Gasteiger partial charge < -0.3 is 9.30 Å². The molecule has 0 N–H and O–H groups in total. The van der Waals surface area contributed by atoms with E-state index in [4.69, 9.17) is 4.74 Å². The minimum Gasteiger partial charge on any atom is -0.462 e. The lowest BCUT2D eigenvalue weighted by Crippen LogP contribution is -2.13. The molecule has 25 heavy (non-hydrogen) atoms. The first-order valence-corrected chi connectivity index (χ1v) is 8.90. The second-order valence-electron chi connectivity index (χ2n) is 5.03. The molecule has 9 heteroatoms. The van der Waals surface area contributed by atoms with E-state index >= 15 is 0 Å². The summed E-state index contributed by atoms with van der Waals surface area (Å²) in [6.07, 6.45) is -4.43. The van der Waals surface area contributed by atoms with E-state index in [-0.39, 0.29) is 22.2 Å². The van der Waals surface area contributed by atoms with Gasteiger partial charge >= 0.3 is 5.97 Å². The maximum atomic E-state index is 14.3. The van der Waals surface area contributed by atoms with E-state index in [1.807, 2.05) is 0 Å². The Labute approximate surface area is 153 Å². The number of halogens is 4. The number of rotatable bonds is 5. The topological polar surface area (TPSA) is 44.1 Å². The molecule has 0 saturated carbocycles. The lowest BCUT2D eigenvalue weighted by atomic mass is 10.2. The van der Waals surface area contributed by atoms with Crippen LogP contribution in [0.5, 0.6) is 0 Å². The molecule has 1 atom stereocenters. The molecule has 0 aliphatic heterocycles. The molecule has 3 aromatic rings. The van der Waals surface area contributed by atoms with E-state index in [2.05, 4.69) is 20.9 Å². The van der Waals surface area contributed by atoms with Gasteiger partial charge in [0, 0.05) is 9.86 Å². The molecule has 0 amide bonds. The van der Waals surface area contributed by atoms with Gasteiger partial charge in [0.2, 0.25) is 6.30 Å². The lowest BCUT2D eigenvalue weighted by molar-refractivity contribution is 0.0115. The van der Waals surface area contributed by atoms with Crippen LogP contribution in [0.25, 0.3) is 21.6 Å². The standard InChI is InChI=1S/C16H12BrF3N2O2S/c1-2-24-16(23)12-7-21-15(25-12)11-6-8-9(17)4-3-5-10(8)22(11)14(20)13(18)19/h3-7,13-14H,2H2,1H3. The first-order valence-electron chi connectivity index (χ1n) is 7.29. The maximum Gasteiger partial charge on any atom is 0.349 e. The van der Waals surface area contributed by atoms with Gasteiger partial charge in [-0.2, -0.15) is 0 Å². The summed E-state index contributed by atoms with van der Waals surface area (Å²) < 4.78 is 46.8. The molecular weight excluding hydrogens is 421 g/mol. The fraction of sp³-hybridized carbons (Fsp3) is 0.250. The molecule has 1 unspecified atom stereocenters. The minimum atomic E-state index is -3.20. The number of carbonyl (C=O) groups is 1. The third kappa shape index (κ3) is 3.30. The van der Waals surface area contributed by atoms with Gasteiger partial charge in [-0.05, 0) is 25.1 Å². The molecule has 2 heterocycles. The molecule has 2 aromatic heterocycles. The van der Waals surface area contributed by atoms with Crippen molar-refractivity contribution in [2.24, 2.45) is 0 Å². The van der Waals surface area contributed by atoms with Crippen LogP contribution in [-0.4, -0.2) is 28.6 Å². The number of aromatic nitrogens is 2. The summed E-state index contributed by atoms with van der Waals surface area (Å²) in [6, 6.07) is 6.50. The fourth-order valence-electron chi connectivity index (χ4n) is 2.45. The molecule has 3 rings (SSSR count). The lowest BCUT2D eigenvalue weighted by Gasteiger charge is -2.14. The predicted molar refractivity (Wildman–Crippen MR) is 92.9 cm³/mol. The van der Waals surface area contributed by atoms with E-state index < -0.39 is 18.7 Å². The summed E-state index contributed by atoms with van der Waals surface area (Å²) in [7, 11) is 0. The average Bonchev–Trinajstić information content (AvgIpc) is 3.19. The highest BCUT2D eigenvalue weighted by atomic mass is 79.9. The highest BCUT2D eigenvalue weighted by Crippen LogP contribution is 2.38. The molecular formula is C16H12BrF3N2O2S. The van der Waals surface area contributed by atoms with Crippen LogP contribution in [0.4, 0.5) is 13.2 Å². The van der Waals surface area contributed by atoms with E-state index in [9.17, 15) is 18.0 Å². The second-order valence-corrected chi connectivity index (χ2v) is 6.91. The summed E-state index contributed by atoms with van der Waals surface area (Å²) in [4.78, 5) is 16.1. The van der Waals surface area contributed by atoms with Crippen molar-refractivity contribution in [2.45, 2.75) is 19.6 Å². The van der Waals surface area contributed by atoms with Gasteiger partial charge in [-0.25, -0.2) is 22.9 Å². The number of fused-ring (bicyclic) bond motifs is 1. The Morgan fingerprint density at radius 2 is 2.16 bits per heavy atom. The number of ether oxygens (including phenoxy) is 1. The van der Waals surface area contributed by atoms with Gasteiger partial charge in [0.25, 0.3) is 6.43 Å². The van der Waals surface area contributed by atoms with E-state index in [0.29, 0.717) is 15.4 Å². The average molecular weight is 433 g/mol. The number of hydrogen-bond acceptors (Lipinski definition) is 4. The maximum absolute atomic E-state index is 14.3. The summed E-state index contributed by atoms with van der Waals surface area (Å²) in [6.45, 7) is 1.88. The number of alkyl halides is 3. The Balaban J connectivity index is 2.17. The van der Waals surface area contributed by atoms with Crippen LogP contribution in [0.3, 0.4) is 0 Å². The number of carbonyl (C=O) groups excluding carboxylic acids is 1. The highest BCUT2D eigenvalue weighted by molar-refractivity contribution is 9.10. The number of esters is 1. The van der Waals surface area contributed by atoms with Crippen molar-refractivity contribution >= 4 is 44.1 Å². The van der Waals surface area contributed by atoms with E-state index in [1.54, 1.807) is 31.2 Å². The number of benzene rings is 1. The molecule has 0 aliphatic carbocycles.